The minimum Gasteiger partial charge on any atom is -0.347 e. The van der Waals surface area contributed by atoms with Gasteiger partial charge < -0.3 is 9.84 Å². The second kappa shape index (κ2) is 7.40. The van der Waals surface area contributed by atoms with Gasteiger partial charge in [0.2, 0.25) is 17.6 Å². The lowest BCUT2D eigenvalue weighted by Crippen LogP contribution is -2.26. The summed E-state index contributed by atoms with van der Waals surface area (Å²) in [5.74, 6) is 1.61. The van der Waals surface area contributed by atoms with Crippen LogP contribution in [0.15, 0.2) is 28.8 Å². The number of aryl methyl sites for hydroxylation is 1. The number of carbonyl (C=O) groups excluding carboxylic acids is 1. The Morgan fingerprint density at radius 2 is 1.96 bits per heavy atom. The van der Waals surface area contributed by atoms with E-state index in [0.29, 0.717) is 30.6 Å². The van der Waals surface area contributed by atoms with Crippen molar-refractivity contribution in [2.24, 2.45) is 5.92 Å². The molecular formula is C18H23N3O2. The van der Waals surface area contributed by atoms with Crippen molar-refractivity contribution in [3.63, 3.8) is 0 Å². The molecule has 0 unspecified atom stereocenters. The van der Waals surface area contributed by atoms with Gasteiger partial charge in [0.1, 0.15) is 0 Å². The summed E-state index contributed by atoms with van der Waals surface area (Å²) in [5, 5.41) is 6.86. The summed E-state index contributed by atoms with van der Waals surface area (Å²) in [7, 11) is 0. The van der Waals surface area contributed by atoms with Crippen LogP contribution in [-0.2, 0) is 11.3 Å². The number of amides is 1. The van der Waals surface area contributed by atoms with Gasteiger partial charge in [-0.25, -0.2) is 0 Å². The van der Waals surface area contributed by atoms with Crippen LogP contribution in [0.25, 0.3) is 11.4 Å². The normalized spacial score (nSPS) is 15.5. The van der Waals surface area contributed by atoms with E-state index in [0.717, 1.165) is 5.56 Å². The summed E-state index contributed by atoms with van der Waals surface area (Å²) in [6.45, 7) is 2.33. The van der Waals surface area contributed by atoms with Crippen molar-refractivity contribution in [3.8, 4) is 11.4 Å². The number of benzene rings is 1. The molecule has 2 aromatic rings. The Labute approximate surface area is 136 Å². The zero-order valence-electron chi connectivity index (χ0n) is 13.5. The zero-order chi connectivity index (χ0) is 16.1. The number of aromatic nitrogens is 2. The molecule has 0 radical (unpaired) electrons. The van der Waals surface area contributed by atoms with Gasteiger partial charge >= 0.3 is 0 Å². The first-order valence-corrected chi connectivity index (χ1v) is 8.37. The number of nitrogens with zero attached hydrogens (tertiary/aromatic N) is 2. The largest absolute Gasteiger partial charge is 0.347 e. The van der Waals surface area contributed by atoms with Crippen LogP contribution in [0.3, 0.4) is 0 Å². The van der Waals surface area contributed by atoms with Crippen LogP contribution in [-0.4, -0.2) is 16.0 Å². The molecule has 1 fully saturated rings. The lowest BCUT2D eigenvalue weighted by molar-refractivity contribution is -0.122. The van der Waals surface area contributed by atoms with Gasteiger partial charge in [0.05, 0.1) is 6.54 Å². The van der Waals surface area contributed by atoms with E-state index < -0.39 is 0 Å². The zero-order valence-corrected chi connectivity index (χ0v) is 13.5. The van der Waals surface area contributed by atoms with Gasteiger partial charge in [0, 0.05) is 12.0 Å². The second-order valence-corrected chi connectivity index (χ2v) is 6.36. The maximum Gasteiger partial charge on any atom is 0.246 e. The van der Waals surface area contributed by atoms with E-state index in [1.54, 1.807) is 0 Å². The molecule has 0 atom stereocenters. The van der Waals surface area contributed by atoms with E-state index in [1.165, 1.54) is 37.7 Å². The summed E-state index contributed by atoms with van der Waals surface area (Å²) in [6.07, 6.45) is 6.76. The van der Waals surface area contributed by atoms with Crippen molar-refractivity contribution in [3.05, 3.63) is 35.7 Å². The average Bonchev–Trinajstić information content (AvgIpc) is 3.04. The molecule has 1 aromatic carbocycles. The van der Waals surface area contributed by atoms with Crippen molar-refractivity contribution < 1.29 is 9.32 Å². The molecule has 3 rings (SSSR count). The smallest absolute Gasteiger partial charge is 0.246 e. The summed E-state index contributed by atoms with van der Waals surface area (Å²) in [5.41, 5.74) is 2.10. The van der Waals surface area contributed by atoms with Crippen molar-refractivity contribution in [1.29, 1.82) is 0 Å². The fourth-order valence-electron chi connectivity index (χ4n) is 3.05. The molecule has 0 aliphatic heterocycles. The second-order valence-electron chi connectivity index (χ2n) is 6.36. The highest BCUT2D eigenvalue weighted by molar-refractivity contribution is 5.76. The quantitative estimate of drug-likeness (QED) is 0.915. The van der Waals surface area contributed by atoms with Crippen LogP contribution in [0.5, 0.6) is 0 Å². The van der Waals surface area contributed by atoms with E-state index in [-0.39, 0.29) is 5.91 Å². The van der Waals surface area contributed by atoms with Gasteiger partial charge in [-0.3, -0.25) is 4.79 Å². The van der Waals surface area contributed by atoms with Crippen LogP contribution in [0.4, 0.5) is 0 Å². The topological polar surface area (TPSA) is 68.0 Å². The van der Waals surface area contributed by atoms with E-state index >= 15 is 0 Å². The Balaban J connectivity index is 1.50. The van der Waals surface area contributed by atoms with Crippen molar-refractivity contribution in [2.45, 2.75) is 52.0 Å². The molecule has 1 saturated carbocycles. The molecular weight excluding hydrogens is 290 g/mol. The first-order chi connectivity index (χ1) is 11.2. The number of hydrogen-bond donors (Lipinski definition) is 1. The van der Waals surface area contributed by atoms with Crippen molar-refractivity contribution in [1.82, 2.24) is 15.5 Å². The van der Waals surface area contributed by atoms with Crippen molar-refractivity contribution >= 4 is 5.91 Å². The maximum absolute atomic E-state index is 12.0. The third kappa shape index (κ3) is 4.41. The van der Waals surface area contributed by atoms with Crippen LogP contribution in [0.2, 0.25) is 0 Å². The third-order valence-electron chi connectivity index (χ3n) is 4.41. The highest BCUT2D eigenvalue weighted by Gasteiger charge is 2.17. The summed E-state index contributed by atoms with van der Waals surface area (Å²) >= 11 is 0. The Kier molecular flexibility index (Phi) is 5.05. The van der Waals surface area contributed by atoms with Crippen molar-refractivity contribution in [2.75, 3.05) is 0 Å². The molecule has 5 heteroatoms. The monoisotopic (exact) mass is 313 g/mol. The number of carbonyl (C=O) groups is 1. The highest BCUT2D eigenvalue weighted by atomic mass is 16.5. The van der Waals surface area contributed by atoms with Crippen LogP contribution in [0, 0.1) is 12.8 Å². The number of nitrogens with one attached hydrogen (secondary N) is 1. The lowest BCUT2D eigenvalue weighted by atomic mass is 9.87. The standard InChI is InChI=1S/C18H23N3O2/c1-13-7-9-15(10-8-13)18-20-17(23-21-18)12-19-16(22)11-14-5-3-2-4-6-14/h7-10,14H,2-6,11-12H2,1H3,(H,19,22). The van der Waals surface area contributed by atoms with Gasteiger partial charge in [0.25, 0.3) is 0 Å². The fourth-order valence-corrected chi connectivity index (χ4v) is 3.05. The van der Waals surface area contributed by atoms with Gasteiger partial charge in [-0.05, 0) is 25.7 Å². The van der Waals surface area contributed by atoms with Crippen LogP contribution < -0.4 is 5.32 Å². The Hall–Kier alpha value is -2.17. The predicted molar refractivity (Wildman–Crippen MR) is 87.5 cm³/mol. The van der Waals surface area contributed by atoms with E-state index in [4.69, 9.17) is 4.52 Å². The molecule has 5 nitrogen and oxygen atoms in total. The molecule has 23 heavy (non-hydrogen) atoms. The molecule has 1 heterocycles. The minimum absolute atomic E-state index is 0.0759. The Morgan fingerprint density at radius 3 is 2.70 bits per heavy atom. The molecule has 1 aliphatic rings. The molecule has 0 bridgehead atoms. The first kappa shape index (κ1) is 15.7. The van der Waals surface area contributed by atoms with Gasteiger partial charge in [0.15, 0.2) is 0 Å². The van der Waals surface area contributed by atoms with E-state index in [1.807, 2.05) is 31.2 Å². The minimum atomic E-state index is 0.0759. The number of hydrogen-bond acceptors (Lipinski definition) is 4. The summed E-state index contributed by atoms with van der Waals surface area (Å²) < 4.78 is 5.21. The third-order valence-corrected chi connectivity index (χ3v) is 4.41. The molecule has 0 saturated heterocycles. The molecule has 1 N–H and O–H groups in total. The Morgan fingerprint density at radius 1 is 1.22 bits per heavy atom. The van der Waals surface area contributed by atoms with Gasteiger partial charge in [-0.15, -0.1) is 0 Å². The molecule has 1 aromatic heterocycles. The molecule has 122 valence electrons. The predicted octanol–water partition coefficient (Wildman–Crippen LogP) is 3.63. The summed E-state index contributed by atoms with van der Waals surface area (Å²) in [4.78, 5) is 16.3. The SMILES string of the molecule is Cc1ccc(-c2noc(CNC(=O)CC3CCCCC3)n2)cc1. The van der Waals surface area contributed by atoms with E-state index in [9.17, 15) is 4.79 Å². The Bertz CT molecular complexity index is 643. The lowest BCUT2D eigenvalue weighted by Gasteiger charge is -2.20. The average molecular weight is 313 g/mol. The molecule has 1 amide bonds. The van der Waals surface area contributed by atoms with Crippen LogP contribution in [0.1, 0.15) is 50.0 Å². The summed E-state index contributed by atoms with van der Waals surface area (Å²) in [6, 6.07) is 7.95. The first-order valence-electron chi connectivity index (χ1n) is 8.37. The van der Waals surface area contributed by atoms with E-state index in [2.05, 4.69) is 15.5 Å². The highest BCUT2D eigenvalue weighted by Crippen LogP contribution is 2.26. The fraction of sp³-hybridized carbons (Fsp3) is 0.500. The molecule has 1 aliphatic carbocycles. The van der Waals surface area contributed by atoms with Gasteiger partial charge in [-0.1, -0.05) is 54.2 Å². The van der Waals surface area contributed by atoms with Gasteiger partial charge in [-0.2, -0.15) is 4.98 Å². The van der Waals surface area contributed by atoms with Crippen LogP contribution >= 0.6 is 0 Å². The molecule has 0 spiro atoms. The number of rotatable bonds is 5. The maximum atomic E-state index is 12.0.